The van der Waals surface area contributed by atoms with Crippen LogP contribution in [0.25, 0.3) is 0 Å². The highest BCUT2D eigenvalue weighted by molar-refractivity contribution is 9.10. The summed E-state index contributed by atoms with van der Waals surface area (Å²) in [4.78, 5) is 0. The molecule has 0 saturated heterocycles. The van der Waals surface area contributed by atoms with Crippen LogP contribution in [-0.2, 0) is 6.54 Å². The molecule has 0 aliphatic rings. The molecule has 0 aliphatic heterocycles. The van der Waals surface area contributed by atoms with Crippen molar-refractivity contribution in [2.45, 2.75) is 27.3 Å². The molecule has 0 fully saturated rings. The van der Waals surface area contributed by atoms with E-state index in [1.165, 1.54) is 11.1 Å². The van der Waals surface area contributed by atoms with Crippen molar-refractivity contribution < 1.29 is 4.74 Å². The second kappa shape index (κ2) is 4.96. The SMILES string of the molecule is COc1c(C)c(C)c(Br)c(C)c1CNN. The molecule has 0 bridgehead atoms. The average molecular weight is 273 g/mol. The summed E-state index contributed by atoms with van der Waals surface area (Å²) >= 11 is 3.59. The summed E-state index contributed by atoms with van der Waals surface area (Å²) in [5, 5.41) is 0. The summed E-state index contributed by atoms with van der Waals surface area (Å²) in [6, 6.07) is 0. The minimum absolute atomic E-state index is 0.606. The van der Waals surface area contributed by atoms with Crippen molar-refractivity contribution >= 4 is 15.9 Å². The Labute approximate surface area is 99.1 Å². The molecular weight excluding hydrogens is 256 g/mol. The normalized spacial score (nSPS) is 10.5. The van der Waals surface area contributed by atoms with E-state index in [1.54, 1.807) is 7.11 Å². The molecule has 0 amide bonds. The molecule has 1 aromatic rings. The molecule has 0 spiro atoms. The molecule has 84 valence electrons. The zero-order valence-corrected chi connectivity index (χ0v) is 11.2. The van der Waals surface area contributed by atoms with Gasteiger partial charge in [0, 0.05) is 16.6 Å². The Morgan fingerprint density at radius 1 is 1.20 bits per heavy atom. The van der Waals surface area contributed by atoms with E-state index in [4.69, 9.17) is 10.6 Å². The zero-order valence-electron chi connectivity index (χ0n) is 9.57. The molecule has 3 N–H and O–H groups in total. The Hall–Kier alpha value is -0.580. The van der Waals surface area contributed by atoms with Crippen LogP contribution in [0.1, 0.15) is 22.3 Å². The third-order valence-electron chi connectivity index (χ3n) is 2.77. The fraction of sp³-hybridized carbons (Fsp3) is 0.455. The number of hydrogen-bond acceptors (Lipinski definition) is 3. The molecule has 0 unspecified atom stereocenters. The first-order valence-corrected chi connectivity index (χ1v) is 5.59. The van der Waals surface area contributed by atoms with Gasteiger partial charge in [-0.3, -0.25) is 11.3 Å². The summed E-state index contributed by atoms with van der Waals surface area (Å²) in [7, 11) is 1.69. The molecule has 4 heteroatoms. The minimum Gasteiger partial charge on any atom is -0.496 e. The van der Waals surface area contributed by atoms with Gasteiger partial charge in [-0.15, -0.1) is 0 Å². The first-order chi connectivity index (χ1) is 7.04. The summed E-state index contributed by atoms with van der Waals surface area (Å²) in [6.07, 6.45) is 0. The van der Waals surface area contributed by atoms with Crippen LogP contribution in [-0.4, -0.2) is 7.11 Å². The summed E-state index contributed by atoms with van der Waals surface area (Å²) in [6.45, 7) is 6.80. The predicted octanol–water partition coefficient (Wildman–Crippen LogP) is 2.35. The Morgan fingerprint density at radius 3 is 2.27 bits per heavy atom. The molecule has 15 heavy (non-hydrogen) atoms. The average Bonchev–Trinajstić information content (AvgIpc) is 2.24. The van der Waals surface area contributed by atoms with E-state index in [9.17, 15) is 0 Å². The van der Waals surface area contributed by atoms with Gasteiger partial charge in [-0.25, -0.2) is 0 Å². The van der Waals surface area contributed by atoms with Crippen LogP contribution in [0, 0.1) is 20.8 Å². The largest absolute Gasteiger partial charge is 0.496 e. The first-order valence-electron chi connectivity index (χ1n) is 4.80. The number of halogens is 1. The van der Waals surface area contributed by atoms with Gasteiger partial charge < -0.3 is 4.74 Å². The maximum absolute atomic E-state index is 5.43. The van der Waals surface area contributed by atoms with Crippen LogP contribution < -0.4 is 16.0 Å². The Kier molecular flexibility index (Phi) is 4.13. The number of ether oxygens (including phenoxy) is 1. The predicted molar refractivity (Wildman–Crippen MR) is 65.9 cm³/mol. The highest BCUT2D eigenvalue weighted by Crippen LogP contribution is 2.35. The van der Waals surface area contributed by atoms with Gasteiger partial charge >= 0.3 is 0 Å². The number of nitrogens with one attached hydrogen (secondary N) is 1. The van der Waals surface area contributed by atoms with E-state index in [-0.39, 0.29) is 0 Å². The lowest BCUT2D eigenvalue weighted by Gasteiger charge is -2.18. The van der Waals surface area contributed by atoms with Crippen LogP contribution in [0.5, 0.6) is 5.75 Å². The van der Waals surface area contributed by atoms with Crippen molar-refractivity contribution in [2.24, 2.45) is 5.84 Å². The fourth-order valence-corrected chi connectivity index (χ4v) is 2.27. The van der Waals surface area contributed by atoms with Gasteiger partial charge in [0.15, 0.2) is 0 Å². The molecule has 0 heterocycles. The molecule has 0 atom stereocenters. The van der Waals surface area contributed by atoms with Gasteiger partial charge in [-0.2, -0.15) is 0 Å². The van der Waals surface area contributed by atoms with Crippen LogP contribution in [0.4, 0.5) is 0 Å². The van der Waals surface area contributed by atoms with E-state index in [0.717, 1.165) is 21.3 Å². The van der Waals surface area contributed by atoms with E-state index in [1.807, 2.05) is 0 Å². The highest BCUT2D eigenvalue weighted by Gasteiger charge is 2.15. The van der Waals surface area contributed by atoms with Gasteiger partial charge in [0.25, 0.3) is 0 Å². The summed E-state index contributed by atoms with van der Waals surface area (Å²) in [5.74, 6) is 6.29. The quantitative estimate of drug-likeness (QED) is 0.656. The van der Waals surface area contributed by atoms with Crippen molar-refractivity contribution in [3.63, 3.8) is 0 Å². The number of methoxy groups -OCH3 is 1. The summed E-state index contributed by atoms with van der Waals surface area (Å²) in [5.41, 5.74) is 7.32. The monoisotopic (exact) mass is 272 g/mol. The molecule has 0 saturated carbocycles. The van der Waals surface area contributed by atoms with Gasteiger partial charge in [-0.05, 0) is 37.5 Å². The van der Waals surface area contributed by atoms with Gasteiger partial charge in [0.1, 0.15) is 5.75 Å². The maximum Gasteiger partial charge on any atom is 0.126 e. The molecule has 1 aromatic carbocycles. The van der Waals surface area contributed by atoms with E-state index >= 15 is 0 Å². The minimum atomic E-state index is 0.606. The molecule has 3 nitrogen and oxygen atoms in total. The molecule has 0 aromatic heterocycles. The standard InChI is InChI=1S/C11H17BrN2O/c1-6-7(2)11(15-4)9(5-14-13)8(3)10(6)12/h14H,5,13H2,1-4H3. The Balaban J connectivity index is 3.47. The van der Waals surface area contributed by atoms with Crippen molar-refractivity contribution in [3.8, 4) is 5.75 Å². The molecule has 0 radical (unpaired) electrons. The van der Waals surface area contributed by atoms with Crippen LogP contribution in [0.3, 0.4) is 0 Å². The lowest BCUT2D eigenvalue weighted by Crippen LogP contribution is -2.22. The number of rotatable bonds is 3. The highest BCUT2D eigenvalue weighted by atomic mass is 79.9. The first kappa shape index (κ1) is 12.5. The Bertz CT molecular complexity index is 378. The van der Waals surface area contributed by atoms with Gasteiger partial charge in [0.2, 0.25) is 0 Å². The topological polar surface area (TPSA) is 47.3 Å². The van der Waals surface area contributed by atoms with Crippen LogP contribution in [0.2, 0.25) is 0 Å². The third kappa shape index (κ3) is 2.17. The third-order valence-corrected chi connectivity index (χ3v) is 3.96. The number of hydrazine groups is 1. The van der Waals surface area contributed by atoms with Gasteiger partial charge in [-0.1, -0.05) is 15.9 Å². The van der Waals surface area contributed by atoms with Crippen LogP contribution in [0.15, 0.2) is 4.47 Å². The van der Waals surface area contributed by atoms with Gasteiger partial charge in [0.05, 0.1) is 7.11 Å². The van der Waals surface area contributed by atoms with Crippen molar-refractivity contribution in [1.29, 1.82) is 0 Å². The van der Waals surface area contributed by atoms with E-state index in [2.05, 4.69) is 42.1 Å². The second-order valence-electron chi connectivity index (χ2n) is 3.58. The van der Waals surface area contributed by atoms with E-state index < -0.39 is 0 Å². The lowest BCUT2D eigenvalue weighted by molar-refractivity contribution is 0.403. The van der Waals surface area contributed by atoms with Crippen molar-refractivity contribution in [3.05, 3.63) is 26.7 Å². The Morgan fingerprint density at radius 2 is 1.80 bits per heavy atom. The molecular formula is C11H17BrN2O. The molecule has 1 rings (SSSR count). The number of hydrogen-bond donors (Lipinski definition) is 2. The van der Waals surface area contributed by atoms with Crippen molar-refractivity contribution in [1.82, 2.24) is 5.43 Å². The second-order valence-corrected chi connectivity index (χ2v) is 4.37. The smallest absolute Gasteiger partial charge is 0.126 e. The van der Waals surface area contributed by atoms with E-state index in [0.29, 0.717) is 6.54 Å². The number of nitrogens with two attached hydrogens (primary N) is 1. The fourth-order valence-electron chi connectivity index (χ4n) is 1.74. The number of benzene rings is 1. The molecule has 0 aliphatic carbocycles. The zero-order chi connectivity index (χ0) is 11.6. The lowest BCUT2D eigenvalue weighted by atomic mass is 9.99. The maximum atomic E-state index is 5.43. The van der Waals surface area contributed by atoms with Crippen LogP contribution >= 0.6 is 15.9 Å². The van der Waals surface area contributed by atoms with Crippen molar-refractivity contribution in [2.75, 3.05) is 7.11 Å². The summed E-state index contributed by atoms with van der Waals surface area (Å²) < 4.78 is 6.56.